The lowest BCUT2D eigenvalue weighted by molar-refractivity contribution is -0.120. The van der Waals surface area contributed by atoms with Crippen molar-refractivity contribution >= 4 is 17.4 Å². The first-order chi connectivity index (χ1) is 13.6. The van der Waals surface area contributed by atoms with Crippen molar-refractivity contribution < 1.29 is 14.3 Å². The minimum absolute atomic E-state index is 0.203. The van der Waals surface area contributed by atoms with Gasteiger partial charge < -0.3 is 9.47 Å². The number of carbonyl (C=O) groups is 1. The van der Waals surface area contributed by atoms with E-state index in [0.29, 0.717) is 11.4 Å². The summed E-state index contributed by atoms with van der Waals surface area (Å²) in [6, 6.07) is 17.4. The number of halogens is 1. The van der Waals surface area contributed by atoms with E-state index < -0.39 is 5.41 Å². The number of ketones is 1. The van der Waals surface area contributed by atoms with E-state index in [1.807, 2.05) is 54.6 Å². The van der Waals surface area contributed by atoms with Crippen LogP contribution in [0.3, 0.4) is 0 Å². The van der Waals surface area contributed by atoms with E-state index in [0.717, 1.165) is 46.7 Å². The first-order valence-electron chi connectivity index (χ1n) is 9.28. The summed E-state index contributed by atoms with van der Waals surface area (Å²) in [5, 5.41) is 0.691. The van der Waals surface area contributed by atoms with Crippen molar-refractivity contribution in [2.75, 3.05) is 6.79 Å². The van der Waals surface area contributed by atoms with Gasteiger partial charge in [-0.2, -0.15) is 0 Å². The average Bonchev–Trinajstić information content (AvgIpc) is 3.40. The van der Waals surface area contributed by atoms with E-state index in [1.165, 1.54) is 0 Å². The lowest BCUT2D eigenvalue weighted by Gasteiger charge is -2.15. The topological polar surface area (TPSA) is 48.4 Å². The predicted octanol–water partition coefficient (Wildman–Crippen LogP) is 4.97. The maximum absolute atomic E-state index is 13.1. The van der Waals surface area contributed by atoms with Gasteiger partial charge in [0.1, 0.15) is 5.78 Å². The smallest absolute Gasteiger partial charge is 0.231 e. The molecule has 0 N–H and O–H groups in total. The molecule has 4 nitrogen and oxygen atoms in total. The number of hydrogen-bond acceptors (Lipinski definition) is 4. The number of benzene rings is 2. The van der Waals surface area contributed by atoms with Crippen LogP contribution in [0.1, 0.15) is 24.1 Å². The van der Waals surface area contributed by atoms with Crippen molar-refractivity contribution in [1.82, 2.24) is 4.98 Å². The Bertz CT molecular complexity index is 1060. The fraction of sp³-hybridized carbons (Fsp3) is 0.217. The predicted molar refractivity (Wildman–Crippen MR) is 107 cm³/mol. The van der Waals surface area contributed by atoms with Crippen molar-refractivity contribution in [3.05, 3.63) is 77.1 Å². The van der Waals surface area contributed by atoms with E-state index in [1.54, 1.807) is 6.20 Å². The summed E-state index contributed by atoms with van der Waals surface area (Å²) in [5.74, 6) is 1.67. The lowest BCUT2D eigenvalue weighted by Crippen LogP contribution is -2.22. The summed E-state index contributed by atoms with van der Waals surface area (Å²) >= 11 is 6.06. The largest absolute Gasteiger partial charge is 0.454 e. The molecule has 1 saturated carbocycles. The van der Waals surface area contributed by atoms with Crippen LogP contribution in [0.2, 0.25) is 5.02 Å². The SMILES string of the molecule is O=C(Cc1ccc(-c2cccc(Cl)c2)cn1)C1(c2ccc3c(c2)OCO3)CC1. The molecule has 1 aliphatic heterocycles. The Morgan fingerprint density at radius 3 is 2.61 bits per heavy atom. The van der Waals surface area contributed by atoms with Gasteiger partial charge in [0.25, 0.3) is 0 Å². The second kappa shape index (κ2) is 6.64. The third-order valence-corrected chi connectivity index (χ3v) is 5.77. The molecule has 1 aromatic heterocycles. The van der Waals surface area contributed by atoms with Crippen LogP contribution < -0.4 is 9.47 Å². The quantitative estimate of drug-likeness (QED) is 0.615. The zero-order chi connectivity index (χ0) is 19.1. The second-order valence-electron chi connectivity index (χ2n) is 7.30. The van der Waals surface area contributed by atoms with Crippen LogP contribution in [0.15, 0.2) is 60.8 Å². The highest BCUT2D eigenvalue weighted by molar-refractivity contribution is 6.30. The van der Waals surface area contributed by atoms with Gasteiger partial charge in [-0.25, -0.2) is 0 Å². The van der Waals surface area contributed by atoms with E-state index in [9.17, 15) is 4.79 Å². The Balaban J connectivity index is 1.34. The van der Waals surface area contributed by atoms with E-state index in [2.05, 4.69) is 4.98 Å². The summed E-state index contributed by atoms with van der Waals surface area (Å²) in [4.78, 5) is 17.6. The van der Waals surface area contributed by atoms with Crippen LogP contribution >= 0.6 is 11.6 Å². The Kier molecular flexibility index (Phi) is 4.09. The van der Waals surface area contributed by atoms with Crippen LogP contribution in [0, 0.1) is 0 Å². The van der Waals surface area contributed by atoms with E-state index in [-0.39, 0.29) is 12.6 Å². The normalized spacial score (nSPS) is 16.0. The minimum atomic E-state index is -0.408. The van der Waals surface area contributed by atoms with Gasteiger partial charge in [-0.05, 0) is 54.3 Å². The minimum Gasteiger partial charge on any atom is -0.454 e. The number of carbonyl (C=O) groups excluding carboxylic acids is 1. The number of Topliss-reactive ketones (excluding diaryl/α,β-unsaturated/α-hetero) is 1. The fourth-order valence-electron chi connectivity index (χ4n) is 3.75. The van der Waals surface area contributed by atoms with Crippen LogP contribution in [-0.4, -0.2) is 17.6 Å². The first-order valence-corrected chi connectivity index (χ1v) is 9.66. The van der Waals surface area contributed by atoms with Crippen molar-refractivity contribution in [2.24, 2.45) is 0 Å². The summed E-state index contributed by atoms with van der Waals surface area (Å²) < 4.78 is 10.8. The summed E-state index contributed by atoms with van der Waals surface area (Å²) in [5.41, 5.74) is 3.38. The number of rotatable bonds is 5. The molecule has 0 amide bonds. The summed E-state index contributed by atoms with van der Waals surface area (Å²) in [6.45, 7) is 0.239. The molecule has 1 aliphatic carbocycles. The van der Waals surface area contributed by atoms with Gasteiger partial charge in [-0.1, -0.05) is 35.9 Å². The van der Waals surface area contributed by atoms with Crippen molar-refractivity contribution in [1.29, 1.82) is 0 Å². The Morgan fingerprint density at radius 1 is 1.00 bits per heavy atom. The molecule has 0 saturated heterocycles. The van der Waals surface area contributed by atoms with E-state index in [4.69, 9.17) is 21.1 Å². The highest BCUT2D eigenvalue weighted by Crippen LogP contribution is 2.51. The molecule has 0 radical (unpaired) electrons. The van der Waals surface area contributed by atoms with Gasteiger partial charge in [0.05, 0.1) is 5.41 Å². The third-order valence-electron chi connectivity index (χ3n) is 5.53. The third kappa shape index (κ3) is 3.04. The molecule has 5 rings (SSSR count). The zero-order valence-corrected chi connectivity index (χ0v) is 15.9. The van der Waals surface area contributed by atoms with Gasteiger partial charge in [-0.15, -0.1) is 0 Å². The number of fused-ring (bicyclic) bond motifs is 1. The summed E-state index contributed by atoms with van der Waals surface area (Å²) in [7, 11) is 0. The number of nitrogens with zero attached hydrogens (tertiary/aromatic N) is 1. The number of hydrogen-bond donors (Lipinski definition) is 0. The van der Waals surface area contributed by atoms with Gasteiger partial charge >= 0.3 is 0 Å². The second-order valence-corrected chi connectivity index (χ2v) is 7.74. The number of ether oxygens (including phenoxy) is 2. The van der Waals surface area contributed by atoms with Gasteiger partial charge in [0, 0.05) is 28.9 Å². The average molecular weight is 392 g/mol. The monoisotopic (exact) mass is 391 g/mol. The fourth-order valence-corrected chi connectivity index (χ4v) is 3.94. The van der Waals surface area contributed by atoms with Gasteiger partial charge in [0.15, 0.2) is 11.5 Å². The molecule has 0 spiro atoms. The number of aromatic nitrogens is 1. The van der Waals surface area contributed by atoms with Gasteiger partial charge in [0.2, 0.25) is 6.79 Å². The molecular formula is C23H18ClNO3. The highest BCUT2D eigenvalue weighted by atomic mass is 35.5. The van der Waals surface area contributed by atoms with Crippen LogP contribution in [0.25, 0.3) is 11.1 Å². The van der Waals surface area contributed by atoms with Crippen molar-refractivity contribution in [3.63, 3.8) is 0 Å². The molecule has 5 heteroatoms. The molecule has 2 heterocycles. The van der Waals surface area contributed by atoms with Crippen LogP contribution in [0.5, 0.6) is 11.5 Å². The molecule has 0 unspecified atom stereocenters. The molecule has 1 fully saturated rings. The maximum atomic E-state index is 13.1. The summed E-state index contributed by atoms with van der Waals surface area (Å²) in [6.07, 6.45) is 3.86. The van der Waals surface area contributed by atoms with Crippen molar-refractivity contribution in [2.45, 2.75) is 24.7 Å². The lowest BCUT2D eigenvalue weighted by atomic mass is 9.88. The highest BCUT2D eigenvalue weighted by Gasteiger charge is 2.50. The standard InChI is InChI=1S/C23H18ClNO3/c24-18-3-1-2-15(10-18)16-4-6-19(25-13-16)12-22(26)23(8-9-23)17-5-7-20-21(11-17)28-14-27-20/h1-7,10-11,13H,8-9,12,14H2. The van der Waals surface area contributed by atoms with E-state index >= 15 is 0 Å². The molecule has 3 aromatic rings. The van der Waals surface area contributed by atoms with Crippen LogP contribution in [0.4, 0.5) is 0 Å². The molecule has 2 aliphatic rings. The molecular weight excluding hydrogens is 374 g/mol. The number of pyridine rings is 1. The molecule has 2 aromatic carbocycles. The molecule has 0 atom stereocenters. The Hall–Kier alpha value is -2.85. The van der Waals surface area contributed by atoms with Crippen molar-refractivity contribution in [3.8, 4) is 22.6 Å². The zero-order valence-electron chi connectivity index (χ0n) is 15.2. The van der Waals surface area contributed by atoms with Gasteiger partial charge in [-0.3, -0.25) is 9.78 Å². The Morgan fingerprint density at radius 2 is 1.86 bits per heavy atom. The molecule has 28 heavy (non-hydrogen) atoms. The first kappa shape index (κ1) is 17.3. The molecule has 140 valence electrons. The molecule has 0 bridgehead atoms. The van der Waals surface area contributed by atoms with Crippen LogP contribution in [-0.2, 0) is 16.6 Å². The maximum Gasteiger partial charge on any atom is 0.231 e. The Labute approximate surface area is 168 Å².